The minimum Gasteiger partial charge on any atom is -0.447 e. The molecule has 1 saturated heterocycles. The molecule has 1 unspecified atom stereocenters. The maximum absolute atomic E-state index is 12.2. The van der Waals surface area contributed by atoms with Crippen molar-refractivity contribution in [3.05, 3.63) is 51.6 Å². The smallest absolute Gasteiger partial charge is 0.416 e. The number of rotatable bonds is 6. The first-order valence-electron chi connectivity index (χ1n) is 9.48. The predicted molar refractivity (Wildman–Crippen MR) is 121 cm³/mol. The van der Waals surface area contributed by atoms with Crippen LogP contribution < -0.4 is 10.2 Å². The van der Waals surface area contributed by atoms with Crippen LogP contribution in [0.4, 0.5) is 16.6 Å². The van der Waals surface area contributed by atoms with Crippen molar-refractivity contribution < 1.29 is 14.6 Å². The lowest BCUT2D eigenvalue weighted by atomic mass is 10.2. The lowest BCUT2D eigenvalue weighted by Crippen LogP contribution is -2.41. The van der Waals surface area contributed by atoms with Gasteiger partial charge in [0.05, 0.1) is 12.1 Å². The zero-order valence-electron chi connectivity index (χ0n) is 16.6. The Morgan fingerprint density at radius 2 is 2.00 bits per heavy atom. The normalized spacial score (nSPS) is 18.0. The summed E-state index contributed by atoms with van der Waals surface area (Å²) in [6.45, 7) is 3.61. The maximum Gasteiger partial charge on any atom is 0.416 e. The molecule has 31 heavy (non-hydrogen) atoms. The number of hydrogen-bond acceptors (Lipinski definition) is 8. The monoisotopic (exact) mass is 479 g/mol. The second kappa shape index (κ2) is 8.96. The summed E-state index contributed by atoms with van der Waals surface area (Å²) in [4.78, 5) is 27.5. The van der Waals surface area contributed by atoms with E-state index in [1.54, 1.807) is 13.1 Å². The van der Waals surface area contributed by atoms with Crippen LogP contribution in [0.25, 0.3) is 10.6 Å². The number of carbonyl (C=O) groups excluding carboxylic acids is 1. The molecule has 1 aliphatic heterocycles. The Hall–Kier alpha value is -2.46. The van der Waals surface area contributed by atoms with Crippen LogP contribution in [-0.4, -0.2) is 44.9 Å². The van der Waals surface area contributed by atoms with Gasteiger partial charge in [-0.05, 0) is 26.0 Å². The molecule has 3 atom stereocenters. The van der Waals surface area contributed by atoms with Gasteiger partial charge in [0.1, 0.15) is 28.6 Å². The second-order valence-corrected chi connectivity index (χ2v) is 8.95. The standard InChI is InChI=1S/C20H19Cl2N5O3S/c1-10(15-8-23-18(31-15)12-3-5-13(21)6-4-12)24-19-25-16(22)7-17(26-19)27-14(11(2)28)9-30-20(27)29/h3-8,10-11,14,28H,9H2,1-2H3,(H,24,25,26)/t10-,11+,14?/m0/s1. The zero-order valence-corrected chi connectivity index (χ0v) is 18.9. The van der Waals surface area contributed by atoms with Crippen LogP contribution in [-0.2, 0) is 4.74 Å². The molecule has 1 aliphatic rings. The molecule has 3 aromatic rings. The van der Waals surface area contributed by atoms with Crippen molar-refractivity contribution >= 4 is 52.4 Å². The molecular weight excluding hydrogens is 461 g/mol. The van der Waals surface area contributed by atoms with Crippen LogP contribution in [0.15, 0.2) is 36.5 Å². The third kappa shape index (κ3) is 4.74. The number of benzene rings is 1. The van der Waals surface area contributed by atoms with E-state index in [2.05, 4.69) is 20.3 Å². The Balaban J connectivity index is 1.54. The highest BCUT2D eigenvalue weighted by Gasteiger charge is 2.38. The first kappa shape index (κ1) is 21.8. The Bertz CT molecular complexity index is 1090. The van der Waals surface area contributed by atoms with Gasteiger partial charge in [-0.3, -0.25) is 4.90 Å². The van der Waals surface area contributed by atoms with Crippen LogP contribution in [0.1, 0.15) is 24.8 Å². The molecule has 3 heterocycles. The van der Waals surface area contributed by atoms with E-state index in [9.17, 15) is 9.90 Å². The molecule has 1 fully saturated rings. The van der Waals surface area contributed by atoms with Crippen LogP contribution in [0.5, 0.6) is 0 Å². The molecule has 8 nitrogen and oxygen atoms in total. The average Bonchev–Trinajstić information content (AvgIpc) is 3.35. The van der Waals surface area contributed by atoms with E-state index >= 15 is 0 Å². The number of ether oxygens (including phenoxy) is 1. The number of aliphatic hydroxyl groups is 1. The molecule has 0 bridgehead atoms. The fourth-order valence-corrected chi connectivity index (χ4v) is 4.35. The van der Waals surface area contributed by atoms with Crippen molar-refractivity contribution in [1.29, 1.82) is 0 Å². The summed E-state index contributed by atoms with van der Waals surface area (Å²) in [7, 11) is 0. The minimum absolute atomic E-state index is 0.0750. The summed E-state index contributed by atoms with van der Waals surface area (Å²) in [6, 6.07) is 8.24. The van der Waals surface area contributed by atoms with E-state index in [0.29, 0.717) is 5.02 Å². The van der Waals surface area contributed by atoms with Gasteiger partial charge in [0.2, 0.25) is 5.95 Å². The third-order valence-electron chi connectivity index (χ3n) is 4.78. The third-order valence-corrected chi connectivity index (χ3v) is 6.45. The molecule has 0 spiro atoms. The molecular formula is C20H19Cl2N5O3S. The topological polar surface area (TPSA) is 100 Å². The van der Waals surface area contributed by atoms with Gasteiger partial charge >= 0.3 is 6.09 Å². The number of nitrogens with zero attached hydrogens (tertiary/aromatic N) is 4. The second-order valence-electron chi connectivity index (χ2n) is 7.07. The van der Waals surface area contributed by atoms with Crippen molar-refractivity contribution in [3.63, 3.8) is 0 Å². The van der Waals surface area contributed by atoms with Crippen molar-refractivity contribution in [1.82, 2.24) is 15.0 Å². The summed E-state index contributed by atoms with van der Waals surface area (Å²) >= 11 is 13.7. The van der Waals surface area contributed by atoms with Crippen molar-refractivity contribution in [2.75, 3.05) is 16.8 Å². The molecule has 0 radical (unpaired) electrons. The fourth-order valence-electron chi connectivity index (χ4n) is 3.13. The Labute approximate surface area is 192 Å². The highest BCUT2D eigenvalue weighted by atomic mass is 35.5. The number of thiazole rings is 1. The number of amides is 1. The molecule has 162 valence electrons. The number of cyclic esters (lactones) is 1. The number of aromatic nitrogens is 3. The van der Waals surface area contributed by atoms with Crippen LogP contribution in [0.3, 0.4) is 0 Å². The van der Waals surface area contributed by atoms with E-state index in [4.69, 9.17) is 27.9 Å². The van der Waals surface area contributed by atoms with E-state index in [-0.39, 0.29) is 29.6 Å². The largest absolute Gasteiger partial charge is 0.447 e. The van der Waals surface area contributed by atoms with Gasteiger partial charge in [-0.2, -0.15) is 4.98 Å². The molecule has 4 rings (SSSR count). The molecule has 1 amide bonds. The van der Waals surface area contributed by atoms with E-state index < -0.39 is 18.2 Å². The summed E-state index contributed by atoms with van der Waals surface area (Å²) in [5.74, 6) is 0.509. The Morgan fingerprint density at radius 3 is 2.71 bits per heavy atom. The lowest BCUT2D eigenvalue weighted by Gasteiger charge is -2.23. The van der Waals surface area contributed by atoms with Gasteiger partial charge in [0, 0.05) is 27.7 Å². The number of aliphatic hydroxyl groups excluding tert-OH is 1. The SMILES string of the molecule is C[C@H](Nc1nc(Cl)cc(N2C(=O)OCC2[C@@H](C)O)n1)c1cnc(-c2ccc(Cl)cc2)s1. The first-order chi connectivity index (χ1) is 14.8. The van der Waals surface area contributed by atoms with Gasteiger partial charge in [-0.15, -0.1) is 11.3 Å². The summed E-state index contributed by atoms with van der Waals surface area (Å²) in [5, 5.41) is 14.9. The molecule has 2 N–H and O–H groups in total. The maximum atomic E-state index is 12.2. The predicted octanol–water partition coefficient (Wildman–Crippen LogP) is 4.79. The molecule has 11 heteroatoms. The van der Waals surface area contributed by atoms with Crippen LogP contribution in [0, 0.1) is 0 Å². The van der Waals surface area contributed by atoms with Crippen LogP contribution >= 0.6 is 34.5 Å². The van der Waals surface area contributed by atoms with Gasteiger partial charge in [-0.1, -0.05) is 35.3 Å². The molecule has 1 aromatic carbocycles. The first-order valence-corrected chi connectivity index (χ1v) is 11.1. The number of anilines is 2. The van der Waals surface area contributed by atoms with E-state index in [0.717, 1.165) is 15.4 Å². The molecule has 0 saturated carbocycles. The number of carbonyl (C=O) groups is 1. The van der Waals surface area contributed by atoms with Crippen molar-refractivity contribution in [2.45, 2.75) is 32.0 Å². The molecule has 2 aromatic heterocycles. The van der Waals surface area contributed by atoms with Crippen molar-refractivity contribution in [2.24, 2.45) is 0 Å². The minimum atomic E-state index is -0.793. The number of halogens is 2. The van der Waals surface area contributed by atoms with Gasteiger partial charge < -0.3 is 15.2 Å². The van der Waals surface area contributed by atoms with Gasteiger partial charge in [-0.25, -0.2) is 14.8 Å². The summed E-state index contributed by atoms with van der Waals surface area (Å²) in [6.07, 6.45) is 0.410. The number of hydrogen-bond donors (Lipinski definition) is 2. The van der Waals surface area contributed by atoms with Gasteiger partial charge in [0.25, 0.3) is 0 Å². The fraction of sp³-hybridized carbons (Fsp3) is 0.300. The van der Waals surface area contributed by atoms with E-state index in [1.807, 2.05) is 31.2 Å². The average molecular weight is 480 g/mol. The highest BCUT2D eigenvalue weighted by Crippen LogP contribution is 2.32. The Morgan fingerprint density at radius 1 is 1.26 bits per heavy atom. The van der Waals surface area contributed by atoms with Crippen LogP contribution in [0.2, 0.25) is 10.2 Å². The lowest BCUT2D eigenvalue weighted by molar-refractivity contribution is 0.142. The van der Waals surface area contributed by atoms with E-state index in [1.165, 1.54) is 22.3 Å². The highest BCUT2D eigenvalue weighted by molar-refractivity contribution is 7.15. The number of nitrogens with one attached hydrogen (secondary N) is 1. The molecule has 0 aliphatic carbocycles. The Kier molecular flexibility index (Phi) is 6.29. The quantitative estimate of drug-likeness (QED) is 0.490. The van der Waals surface area contributed by atoms with Crippen molar-refractivity contribution in [3.8, 4) is 10.6 Å². The summed E-state index contributed by atoms with van der Waals surface area (Å²) in [5.41, 5.74) is 0.978. The zero-order chi connectivity index (χ0) is 22.1. The summed E-state index contributed by atoms with van der Waals surface area (Å²) < 4.78 is 5.06. The van der Waals surface area contributed by atoms with Gasteiger partial charge in [0.15, 0.2) is 0 Å².